The number of halogens is 2. The van der Waals surface area contributed by atoms with Crippen LogP contribution >= 0.6 is 23.2 Å². The summed E-state index contributed by atoms with van der Waals surface area (Å²) in [5, 5.41) is 12.2. The first-order valence-electron chi connectivity index (χ1n) is 5.58. The third-order valence-corrected chi connectivity index (χ3v) is 3.15. The van der Waals surface area contributed by atoms with E-state index in [0.717, 1.165) is 0 Å². The Kier molecular flexibility index (Phi) is 4.27. The Labute approximate surface area is 124 Å². The van der Waals surface area contributed by atoms with E-state index >= 15 is 0 Å². The lowest BCUT2D eigenvalue weighted by atomic mass is 10.1. The van der Waals surface area contributed by atoms with Crippen LogP contribution < -0.4 is 5.32 Å². The van der Waals surface area contributed by atoms with Gasteiger partial charge in [0.2, 0.25) is 0 Å². The van der Waals surface area contributed by atoms with Gasteiger partial charge in [-0.15, -0.1) is 0 Å². The molecule has 2 aromatic rings. The summed E-state index contributed by atoms with van der Waals surface area (Å²) < 4.78 is 0. The van der Waals surface area contributed by atoms with Crippen molar-refractivity contribution in [2.45, 2.75) is 0 Å². The van der Waals surface area contributed by atoms with Crippen LogP contribution in [0.4, 0.5) is 5.69 Å². The Balaban J connectivity index is 2.30. The Morgan fingerprint density at radius 2 is 1.65 bits per heavy atom. The monoisotopic (exact) mass is 309 g/mol. The molecule has 0 fully saturated rings. The van der Waals surface area contributed by atoms with E-state index < -0.39 is 11.9 Å². The van der Waals surface area contributed by atoms with Crippen molar-refractivity contribution in [3.8, 4) is 0 Å². The SMILES string of the molecule is O=C(Nc1cccc(Cl)c1C(=O)O)c1ccc(Cl)cc1. The van der Waals surface area contributed by atoms with Gasteiger partial charge in [-0.25, -0.2) is 4.79 Å². The number of carboxylic acids is 1. The lowest BCUT2D eigenvalue weighted by molar-refractivity contribution is 0.0698. The van der Waals surface area contributed by atoms with Gasteiger partial charge in [0, 0.05) is 10.6 Å². The van der Waals surface area contributed by atoms with E-state index in [9.17, 15) is 9.59 Å². The van der Waals surface area contributed by atoms with Gasteiger partial charge in [0.05, 0.1) is 10.7 Å². The van der Waals surface area contributed by atoms with Gasteiger partial charge < -0.3 is 10.4 Å². The fourth-order valence-electron chi connectivity index (χ4n) is 1.64. The molecule has 0 aliphatic heterocycles. The summed E-state index contributed by atoms with van der Waals surface area (Å²) in [5.74, 6) is -1.64. The lowest BCUT2D eigenvalue weighted by Crippen LogP contribution is -2.15. The molecule has 20 heavy (non-hydrogen) atoms. The number of amides is 1. The second kappa shape index (κ2) is 5.94. The highest BCUT2D eigenvalue weighted by Crippen LogP contribution is 2.25. The Hall–Kier alpha value is -2.04. The molecule has 2 N–H and O–H groups in total. The maximum atomic E-state index is 12.0. The third kappa shape index (κ3) is 3.10. The number of hydrogen-bond acceptors (Lipinski definition) is 2. The van der Waals surface area contributed by atoms with Crippen molar-refractivity contribution in [3.05, 3.63) is 63.6 Å². The van der Waals surface area contributed by atoms with E-state index in [1.165, 1.54) is 12.1 Å². The molecule has 0 spiro atoms. The number of aromatic carboxylic acids is 1. The summed E-state index contributed by atoms with van der Waals surface area (Å²) >= 11 is 11.6. The summed E-state index contributed by atoms with van der Waals surface area (Å²) in [4.78, 5) is 23.2. The molecule has 4 nitrogen and oxygen atoms in total. The van der Waals surface area contributed by atoms with E-state index in [4.69, 9.17) is 28.3 Å². The standard InChI is InChI=1S/C14H9Cl2NO3/c15-9-6-4-8(5-7-9)13(18)17-11-3-1-2-10(16)12(11)14(19)20/h1-7H,(H,17,18)(H,19,20). The van der Waals surface area contributed by atoms with Crippen LogP contribution in [0.2, 0.25) is 10.0 Å². The van der Waals surface area contributed by atoms with Gasteiger partial charge in [0.15, 0.2) is 0 Å². The zero-order chi connectivity index (χ0) is 14.7. The normalized spacial score (nSPS) is 10.1. The molecule has 0 atom stereocenters. The highest BCUT2D eigenvalue weighted by molar-refractivity contribution is 6.34. The smallest absolute Gasteiger partial charge is 0.339 e. The first kappa shape index (κ1) is 14.4. The number of anilines is 1. The average molecular weight is 310 g/mol. The molecule has 0 saturated carbocycles. The van der Waals surface area contributed by atoms with E-state index in [2.05, 4.69) is 5.32 Å². The highest BCUT2D eigenvalue weighted by Gasteiger charge is 2.16. The summed E-state index contributed by atoms with van der Waals surface area (Å²) in [6.07, 6.45) is 0. The van der Waals surface area contributed by atoms with E-state index in [1.54, 1.807) is 30.3 Å². The van der Waals surface area contributed by atoms with Crippen LogP contribution in [-0.4, -0.2) is 17.0 Å². The Morgan fingerprint density at radius 3 is 2.25 bits per heavy atom. The Bertz CT molecular complexity index is 669. The minimum Gasteiger partial charge on any atom is -0.478 e. The molecule has 2 aromatic carbocycles. The largest absolute Gasteiger partial charge is 0.478 e. The fourth-order valence-corrected chi connectivity index (χ4v) is 2.02. The minimum atomic E-state index is -1.21. The fraction of sp³-hybridized carbons (Fsp3) is 0. The molecular weight excluding hydrogens is 301 g/mol. The van der Waals surface area contributed by atoms with Crippen molar-refractivity contribution >= 4 is 40.8 Å². The number of hydrogen-bond donors (Lipinski definition) is 2. The minimum absolute atomic E-state index is 0.0615. The predicted molar refractivity (Wildman–Crippen MR) is 77.8 cm³/mol. The average Bonchev–Trinajstić information content (AvgIpc) is 2.39. The molecule has 0 aliphatic carbocycles. The molecule has 0 aliphatic rings. The third-order valence-electron chi connectivity index (χ3n) is 2.58. The van der Waals surface area contributed by atoms with Gasteiger partial charge in [-0.2, -0.15) is 0 Å². The van der Waals surface area contributed by atoms with E-state index in [1.807, 2.05) is 0 Å². The first-order chi connectivity index (χ1) is 9.49. The molecule has 1 amide bonds. The molecule has 0 aromatic heterocycles. The van der Waals surface area contributed by atoms with Crippen molar-refractivity contribution in [3.63, 3.8) is 0 Å². The quantitative estimate of drug-likeness (QED) is 0.902. The van der Waals surface area contributed by atoms with Crippen LogP contribution in [-0.2, 0) is 0 Å². The zero-order valence-electron chi connectivity index (χ0n) is 10.1. The highest BCUT2D eigenvalue weighted by atomic mass is 35.5. The van der Waals surface area contributed by atoms with Crippen molar-refractivity contribution in [2.24, 2.45) is 0 Å². The molecule has 102 valence electrons. The number of carbonyl (C=O) groups is 2. The zero-order valence-corrected chi connectivity index (χ0v) is 11.6. The predicted octanol–water partition coefficient (Wildman–Crippen LogP) is 3.94. The summed E-state index contributed by atoms with van der Waals surface area (Å²) in [7, 11) is 0. The number of carbonyl (C=O) groups excluding carboxylic acids is 1. The van der Waals surface area contributed by atoms with E-state index in [0.29, 0.717) is 10.6 Å². The van der Waals surface area contributed by atoms with Gasteiger partial charge in [-0.3, -0.25) is 4.79 Å². The van der Waals surface area contributed by atoms with Crippen LogP contribution in [0.5, 0.6) is 0 Å². The molecule has 0 bridgehead atoms. The molecular formula is C14H9Cl2NO3. The van der Waals surface area contributed by atoms with Crippen molar-refractivity contribution in [2.75, 3.05) is 5.32 Å². The summed E-state index contributed by atoms with van der Waals surface area (Å²) in [6.45, 7) is 0. The maximum Gasteiger partial charge on any atom is 0.339 e. The molecule has 0 unspecified atom stereocenters. The molecule has 2 rings (SSSR count). The van der Waals surface area contributed by atoms with Gasteiger partial charge in [-0.1, -0.05) is 29.3 Å². The summed E-state index contributed by atoms with van der Waals surface area (Å²) in [5.41, 5.74) is 0.368. The van der Waals surface area contributed by atoms with Gasteiger partial charge in [-0.05, 0) is 36.4 Å². The molecule has 0 saturated heterocycles. The topological polar surface area (TPSA) is 66.4 Å². The van der Waals surface area contributed by atoms with Gasteiger partial charge >= 0.3 is 5.97 Å². The van der Waals surface area contributed by atoms with Crippen LogP contribution in [0, 0.1) is 0 Å². The number of benzene rings is 2. The maximum absolute atomic E-state index is 12.0. The molecule has 0 radical (unpaired) electrons. The molecule has 6 heteroatoms. The van der Waals surface area contributed by atoms with Crippen molar-refractivity contribution in [1.29, 1.82) is 0 Å². The number of carboxylic acid groups (broad SMARTS) is 1. The summed E-state index contributed by atoms with van der Waals surface area (Å²) in [6, 6.07) is 10.7. The van der Waals surface area contributed by atoms with Crippen molar-refractivity contribution in [1.82, 2.24) is 0 Å². The van der Waals surface area contributed by atoms with Crippen LogP contribution in [0.3, 0.4) is 0 Å². The Morgan fingerprint density at radius 1 is 1.00 bits per heavy atom. The molecule has 0 heterocycles. The number of nitrogens with one attached hydrogen (secondary N) is 1. The first-order valence-corrected chi connectivity index (χ1v) is 6.33. The van der Waals surface area contributed by atoms with Crippen LogP contribution in [0.1, 0.15) is 20.7 Å². The van der Waals surface area contributed by atoms with Crippen molar-refractivity contribution < 1.29 is 14.7 Å². The van der Waals surface area contributed by atoms with Gasteiger partial charge in [0.1, 0.15) is 5.56 Å². The second-order valence-electron chi connectivity index (χ2n) is 3.93. The van der Waals surface area contributed by atoms with Crippen LogP contribution in [0.25, 0.3) is 0 Å². The van der Waals surface area contributed by atoms with E-state index in [-0.39, 0.29) is 16.3 Å². The number of rotatable bonds is 3. The second-order valence-corrected chi connectivity index (χ2v) is 4.77. The van der Waals surface area contributed by atoms with Crippen LogP contribution in [0.15, 0.2) is 42.5 Å². The lowest BCUT2D eigenvalue weighted by Gasteiger charge is -2.09. The van der Waals surface area contributed by atoms with Gasteiger partial charge in [0.25, 0.3) is 5.91 Å².